The van der Waals surface area contributed by atoms with Crippen LogP contribution in [0.2, 0.25) is 0 Å². The molecule has 0 aromatic rings. The highest BCUT2D eigenvalue weighted by Crippen LogP contribution is 2.15. The van der Waals surface area contributed by atoms with E-state index in [1.54, 1.807) is 4.90 Å². The Labute approximate surface area is 125 Å². The summed E-state index contributed by atoms with van der Waals surface area (Å²) in [5.41, 5.74) is 0. The van der Waals surface area contributed by atoms with Crippen LogP contribution < -0.4 is 10.6 Å². The highest BCUT2D eigenvalue weighted by atomic mass is 16.4. The summed E-state index contributed by atoms with van der Waals surface area (Å²) < 4.78 is 0. The molecule has 1 aliphatic rings. The maximum absolute atomic E-state index is 11.7. The van der Waals surface area contributed by atoms with Gasteiger partial charge in [0.05, 0.1) is 12.5 Å². The lowest BCUT2D eigenvalue weighted by Crippen LogP contribution is -2.47. The Morgan fingerprint density at radius 3 is 2.67 bits per heavy atom. The van der Waals surface area contributed by atoms with Crippen LogP contribution >= 0.6 is 0 Å². The third-order valence-corrected chi connectivity index (χ3v) is 3.48. The number of nitrogens with one attached hydrogen (secondary N) is 2. The average molecular weight is 299 g/mol. The first kappa shape index (κ1) is 17.4. The Balaban J connectivity index is 2.26. The lowest BCUT2D eigenvalue weighted by Gasteiger charge is -2.29. The molecule has 0 spiro atoms. The van der Waals surface area contributed by atoms with Crippen molar-refractivity contribution in [2.75, 3.05) is 26.2 Å². The second-order valence-electron chi connectivity index (χ2n) is 5.90. The third-order valence-electron chi connectivity index (χ3n) is 3.48. The summed E-state index contributed by atoms with van der Waals surface area (Å²) in [6.07, 6.45) is 2.25. The molecule has 1 aliphatic heterocycles. The molecule has 0 aromatic heterocycles. The predicted octanol–water partition coefficient (Wildman–Crippen LogP) is 0.655. The summed E-state index contributed by atoms with van der Waals surface area (Å²) in [7, 11) is 0. The van der Waals surface area contributed by atoms with Crippen LogP contribution in [-0.2, 0) is 9.59 Å². The maximum atomic E-state index is 11.7. The van der Waals surface area contributed by atoms with Crippen molar-refractivity contribution in [3.63, 3.8) is 0 Å². The Hall–Kier alpha value is -1.63. The fourth-order valence-electron chi connectivity index (χ4n) is 2.29. The highest BCUT2D eigenvalue weighted by molar-refractivity contribution is 5.95. The quantitative estimate of drug-likeness (QED) is 0.669. The molecule has 1 saturated heterocycles. The van der Waals surface area contributed by atoms with Crippen molar-refractivity contribution in [2.24, 2.45) is 11.8 Å². The first-order valence-electron chi connectivity index (χ1n) is 7.41. The summed E-state index contributed by atoms with van der Waals surface area (Å²) in [6.45, 7) is 5.74. The van der Waals surface area contributed by atoms with Gasteiger partial charge in [0.1, 0.15) is 0 Å². The lowest BCUT2D eigenvalue weighted by atomic mass is 9.98. The number of nitrogens with zero attached hydrogens (tertiary/aromatic N) is 1. The van der Waals surface area contributed by atoms with Crippen LogP contribution in [0.3, 0.4) is 0 Å². The number of aliphatic carboxylic acids is 1. The number of likely N-dealkylation sites (tertiary alicyclic amines) is 1. The van der Waals surface area contributed by atoms with Crippen molar-refractivity contribution < 1.29 is 19.5 Å². The zero-order valence-corrected chi connectivity index (χ0v) is 12.7. The van der Waals surface area contributed by atoms with E-state index >= 15 is 0 Å². The Bertz CT molecular complexity index is 384. The molecule has 0 bridgehead atoms. The van der Waals surface area contributed by atoms with Crippen molar-refractivity contribution in [3.05, 3.63) is 0 Å². The predicted molar refractivity (Wildman–Crippen MR) is 77.8 cm³/mol. The molecule has 7 nitrogen and oxygen atoms in total. The molecule has 3 amide bonds. The van der Waals surface area contributed by atoms with Crippen LogP contribution in [0.25, 0.3) is 0 Å². The van der Waals surface area contributed by atoms with Crippen LogP contribution in [0.1, 0.15) is 33.1 Å². The molecule has 0 saturated carbocycles. The van der Waals surface area contributed by atoms with E-state index in [-0.39, 0.29) is 6.54 Å². The van der Waals surface area contributed by atoms with Gasteiger partial charge in [0, 0.05) is 13.1 Å². The SMILES string of the molecule is CC(C)CCNC(=O)NC(=O)CN1CCCC(C(=O)O)C1. The van der Waals surface area contributed by atoms with E-state index in [9.17, 15) is 14.4 Å². The van der Waals surface area contributed by atoms with E-state index in [1.807, 2.05) is 0 Å². The van der Waals surface area contributed by atoms with Crippen molar-refractivity contribution in [3.8, 4) is 0 Å². The van der Waals surface area contributed by atoms with Crippen LogP contribution in [0, 0.1) is 11.8 Å². The lowest BCUT2D eigenvalue weighted by molar-refractivity contribution is -0.144. The van der Waals surface area contributed by atoms with E-state index < -0.39 is 23.8 Å². The highest BCUT2D eigenvalue weighted by Gasteiger charge is 2.26. The van der Waals surface area contributed by atoms with Gasteiger partial charge in [-0.05, 0) is 31.7 Å². The van der Waals surface area contributed by atoms with Crippen LogP contribution in [0.5, 0.6) is 0 Å². The summed E-state index contributed by atoms with van der Waals surface area (Å²) in [4.78, 5) is 35.9. The van der Waals surface area contributed by atoms with E-state index in [4.69, 9.17) is 5.11 Å². The molecule has 3 N–H and O–H groups in total. The fraction of sp³-hybridized carbons (Fsp3) is 0.786. The number of carboxylic acid groups (broad SMARTS) is 1. The molecule has 1 unspecified atom stereocenters. The smallest absolute Gasteiger partial charge is 0.321 e. The van der Waals surface area contributed by atoms with Gasteiger partial charge in [-0.3, -0.25) is 19.8 Å². The van der Waals surface area contributed by atoms with Crippen molar-refractivity contribution in [2.45, 2.75) is 33.1 Å². The van der Waals surface area contributed by atoms with Crippen LogP contribution in [-0.4, -0.2) is 54.1 Å². The van der Waals surface area contributed by atoms with Gasteiger partial charge in [-0.2, -0.15) is 0 Å². The number of imide groups is 1. The van der Waals surface area contributed by atoms with Gasteiger partial charge in [-0.25, -0.2) is 4.79 Å². The molecule has 21 heavy (non-hydrogen) atoms. The zero-order chi connectivity index (χ0) is 15.8. The largest absolute Gasteiger partial charge is 0.481 e. The minimum absolute atomic E-state index is 0.0569. The third kappa shape index (κ3) is 7.08. The molecule has 0 radical (unpaired) electrons. The molecule has 7 heteroatoms. The standard InChI is InChI=1S/C14H25N3O4/c1-10(2)5-6-15-14(21)16-12(18)9-17-7-3-4-11(8-17)13(19)20/h10-11H,3-9H2,1-2H3,(H,19,20)(H2,15,16,18,21). The number of carbonyl (C=O) groups excluding carboxylic acids is 2. The molecule has 0 aromatic carbocycles. The van der Waals surface area contributed by atoms with Gasteiger partial charge in [0.25, 0.3) is 0 Å². The van der Waals surface area contributed by atoms with E-state index in [0.717, 1.165) is 12.8 Å². The summed E-state index contributed by atoms with van der Waals surface area (Å²) in [6, 6.07) is -0.493. The summed E-state index contributed by atoms with van der Waals surface area (Å²) in [5.74, 6) is -1.16. The minimum atomic E-state index is -0.827. The first-order chi connectivity index (χ1) is 9.88. The van der Waals surface area contributed by atoms with Crippen LogP contribution in [0.15, 0.2) is 0 Å². The number of rotatable bonds is 6. The monoisotopic (exact) mass is 299 g/mol. The molecule has 1 rings (SSSR count). The number of amides is 3. The number of carbonyl (C=O) groups is 3. The normalized spacial score (nSPS) is 19.3. The van der Waals surface area contributed by atoms with Crippen LogP contribution in [0.4, 0.5) is 4.79 Å². The number of hydrogen-bond donors (Lipinski definition) is 3. The maximum Gasteiger partial charge on any atom is 0.321 e. The molecule has 0 aliphatic carbocycles. The molecule has 1 fully saturated rings. The van der Waals surface area contributed by atoms with Gasteiger partial charge in [0.15, 0.2) is 0 Å². The number of carboxylic acids is 1. The molecular formula is C14H25N3O4. The van der Waals surface area contributed by atoms with Gasteiger partial charge >= 0.3 is 12.0 Å². The molecule has 1 atom stereocenters. The average Bonchev–Trinajstić information content (AvgIpc) is 2.38. The second-order valence-corrected chi connectivity index (χ2v) is 5.90. The van der Waals surface area contributed by atoms with Gasteiger partial charge in [-0.1, -0.05) is 13.8 Å². The van der Waals surface area contributed by atoms with Crippen molar-refractivity contribution in [1.29, 1.82) is 0 Å². The number of piperidine rings is 1. The number of urea groups is 1. The molecular weight excluding hydrogens is 274 g/mol. The Kier molecular flexibility index (Phi) is 7.14. The van der Waals surface area contributed by atoms with E-state index in [0.29, 0.717) is 32.0 Å². The van der Waals surface area contributed by atoms with E-state index in [2.05, 4.69) is 24.5 Å². The zero-order valence-electron chi connectivity index (χ0n) is 12.7. The second kappa shape index (κ2) is 8.61. The van der Waals surface area contributed by atoms with Crippen molar-refractivity contribution >= 4 is 17.9 Å². The Morgan fingerprint density at radius 1 is 1.33 bits per heavy atom. The minimum Gasteiger partial charge on any atom is -0.481 e. The van der Waals surface area contributed by atoms with Gasteiger partial charge in [-0.15, -0.1) is 0 Å². The topological polar surface area (TPSA) is 98.7 Å². The molecule has 1 heterocycles. The van der Waals surface area contributed by atoms with Crippen molar-refractivity contribution in [1.82, 2.24) is 15.5 Å². The molecule has 120 valence electrons. The number of hydrogen-bond acceptors (Lipinski definition) is 4. The van der Waals surface area contributed by atoms with E-state index in [1.165, 1.54) is 0 Å². The fourth-order valence-corrected chi connectivity index (χ4v) is 2.29. The summed E-state index contributed by atoms with van der Waals surface area (Å²) in [5, 5.41) is 13.9. The van der Waals surface area contributed by atoms with Gasteiger partial charge in [0.2, 0.25) is 5.91 Å². The summed E-state index contributed by atoms with van der Waals surface area (Å²) >= 11 is 0. The van der Waals surface area contributed by atoms with Gasteiger partial charge < -0.3 is 10.4 Å². The first-order valence-corrected chi connectivity index (χ1v) is 7.41. The Morgan fingerprint density at radius 2 is 2.05 bits per heavy atom.